The molecule has 1 aromatic heterocycles. The van der Waals surface area contributed by atoms with Gasteiger partial charge in [-0.05, 0) is 31.0 Å². The molecule has 0 bridgehead atoms. The Bertz CT molecular complexity index is 839. The maximum Gasteiger partial charge on any atom is 0.233 e. The van der Waals surface area contributed by atoms with Gasteiger partial charge in [0.1, 0.15) is 10.5 Å². The summed E-state index contributed by atoms with van der Waals surface area (Å²) in [7, 11) is 1.82. The van der Waals surface area contributed by atoms with E-state index in [1.165, 1.54) is 0 Å². The molecule has 1 atom stereocenters. The van der Waals surface area contributed by atoms with E-state index in [2.05, 4.69) is 5.10 Å². The molecule has 0 aliphatic carbocycles. The fourth-order valence-electron chi connectivity index (χ4n) is 3.21. The van der Waals surface area contributed by atoms with Crippen molar-refractivity contribution in [3.63, 3.8) is 0 Å². The van der Waals surface area contributed by atoms with Crippen LogP contribution in [0.4, 0.5) is 0 Å². The smallest absolute Gasteiger partial charge is 0.233 e. The Morgan fingerprint density at radius 1 is 1.36 bits per heavy atom. The van der Waals surface area contributed by atoms with Crippen molar-refractivity contribution < 1.29 is 14.3 Å². The number of fused-ring (bicyclic) bond motifs is 1. The van der Waals surface area contributed by atoms with Gasteiger partial charge in [0.2, 0.25) is 12.7 Å². The van der Waals surface area contributed by atoms with Gasteiger partial charge in [0.25, 0.3) is 0 Å². The minimum Gasteiger partial charge on any atom is -0.454 e. The van der Waals surface area contributed by atoms with Crippen molar-refractivity contribution in [3.8, 4) is 11.5 Å². The number of carbonyl (C=O) groups excluding carboxylic acids is 1. The summed E-state index contributed by atoms with van der Waals surface area (Å²) >= 11 is 8.01. The van der Waals surface area contributed by atoms with Crippen LogP contribution in [-0.4, -0.2) is 39.7 Å². The van der Waals surface area contributed by atoms with Crippen molar-refractivity contribution in [3.05, 3.63) is 40.2 Å². The highest BCUT2D eigenvalue weighted by molar-refractivity contribution is 8.00. The first-order valence-electron chi connectivity index (χ1n) is 8.03. The molecule has 2 aromatic rings. The Kier molecular flexibility index (Phi) is 4.29. The zero-order chi connectivity index (χ0) is 17.6. The van der Waals surface area contributed by atoms with Crippen LogP contribution in [0.25, 0.3) is 0 Å². The summed E-state index contributed by atoms with van der Waals surface area (Å²) < 4.78 is 12.4. The average molecular weight is 380 g/mol. The average Bonchev–Trinajstić information content (AvgIpc) is 3.25. The van der Waals surface area contributed by atoms with E-state index in [0.29, 0.717) is 17.5 Å². The van der Waals surface area contributed by atoms with Gasteiger partial charge >= 0.3 is 0 Å². The van der Waals surface area contributed by atoms with Gasteiger partial charge in [-0.15, -0.1) is 11.8 Å². The highest BCUT2D eigenvalue weighted by atomic mass is 35.5. The Hall–Kier alpha value is -1.86. The number of hydrogen-bond donors (Lipinski definition) is 0. The highest BCUT2D eigenvalue weighted by Crippen LogP contribution is 2.43. The van der Waals surface area contributed by atoms with Gasteiger partial charge in [0, 0.05) is 19.2 Å². The van der Waals surface area contributed by atoms with Gasteiger partial charge in [-0.25, -0.2) is 0 Å². The fraction of sp³-hybridized carbons (Fsp3) is 0.412. The molecule has 1 unspecified atom stereocenters. The molecule has 25 heavy (non-hydrogen) atoms. The second-order valence-electron chi connectivity index (χ2n) is 6.10. The lowest BCUT2D eigenvalue weighted by atomic mass is 10.1. The normalized spacial score (nSPS) is 19.1. The topological polar surface area (TPSA) is 56.6 Å². The number of nitrogens with zero attached hydrogens (tertiary/aromatic N) is 3. The van der Waals surface area contributed by atoms with Crippen LogP contribution in [0.15, 0.2) is 18.2 Å². The number of thioether (sulfide) groups is 1. The van der Waals surface area contributed by atoms with Crippen LogP contribution in [0.1, 0.15) is 22.2 Å². The fourth-order valence-corrected chi connectivity index (χ4v) is 4.87. The zero-order valence-electron chi connectivity index (χ0n) is 14.0. The number of halogens is 1. The van der Waals surface area contributed by atoms with E-state index < -0.39 is 0 Å². The van der Waals surface area contributed by atoms with Crippen LogP contribution in [0.5, 0.6) is 11.5 Å². The Morgan fingerprint density at radius 3 is 2.92 bits per heavy atom. The van der Waals surface area contributed by atoms with Crippen molar-refractivity contribution in [2.45, 2.75) is 18.7 Å². The summed E-state index contributed by atoms with van der Waals surface area (Å²) in [6.07, 6.45) is 0.746. The van der Waals surface area contributed by atoms with Crippen molar-refractivity contribution in [2.24, 2.45) is 7.05 Å². The maximum absolute atomic E-state index is 12.4. The quantitative estimate of drug-likeness (QED) is 0.817. The molecule has 8 heteroatoms. The summed E-state index contributed by atoms with van der Waals surface area (Å²) in [5, 5.41) is 4.89. The van der Waals surface area contributed by atoms with E-state index in [0.717, 1.165) is 34.7 Å². The summed E-state index contributed by atoms with van der Waals surface area (Å²) in [5.41, 5.74) is 2.92. The molecule has 0 saturated carbocycles. The molecule has 6 nitrogen and oxygen atoms in total. The molecule has 3 heterocycles. The predicted octanol–water partition coefficient (Wildman–Crippen LogP) is 2.93. The molecule has 1 saturated heterocycles. The van der Waals surface area contributed by atoms with Gasteiger partial charge in [0.15, 0.2) is 11.5 Å². The lowest BCUT2D eigenvalue weighted by Crippen LogP contribution is -2.30. The molecule has 1 aromatic carbocycles. The first-order chi connectivity index (χ1) is 12.0. The number of ether oxygens (including phenoxy) is 2. The van der Waals surface area contributed by atoms with Crippen molar-refractivity contribution in [1.82, 2.24) is 14.7 Å². The SMILES string of the molecule is Cc1nn(C)c(Cl)c1C1SCC(=O)N1CCc1ccc2c(c1)OCO2. The van der Waals surface area contributed by atoms with Gasteiger partial charge in [0.05, 0.1) is 11.4 Å². The molecule has 0 N–H and O–H groups in total. The summed E-state index contributed by atoms with van der Waals surface area (Å²) in [6.45, 7) is 2.82. The molecule has 1 amide bonds. The van der Waals surface area contributed by atoms with Gasteiger partial charge in [-0.1, -0.05) is 17.7 Å². The van der Waals surface area contributed by atoms with Crippen LogP contribution in [0, 0.1) is 6.92 Å². The predicted molar refractivity (Wildman–Crippen MR) is 96.1 cm³/mol. The largest absolute Gasteiger partial charge is 0.454 e. The second-order valence-corrected chi connectivity index (χ2v) is 7.53. The molecule has 0 radical (unpaired) electrons. The summed E-state index contributed by atoms with van der Waals surface area (Å²) in [5.74, 6) is 2.14. The lowest BCUT2D eigenvalue weighted by Gasteiger charge is -2.24. The first kappa shape index (κ1) is 16.6. The number of aromatic nitrogens is 2. The van der Waals surface area contributed by atoms with E-state index in [4.69, 9.17) is 21.1 Å². The van der Waals surface area contributed by atoms with Crippen LogP contribution in [0.2, 0.25) is 5.15 Å². The number of hydrogen-bond acceptors (Lipinski definition) is 5. The third-order valence-corrected chi connectivity index (χ3v) is 6.16. The van der Waals surface area contributed by atoms with Gasteiger partial charge in [-0.2, -0.15) is 5.10 Å². The van der Waals surface area contributed by atoms with Crippen molar-refractivity contribution in [1.29, 1.82) is 0 Å². The van der Waals surface area contributed by atoms with E-state index in [-0.39, 0.29) is 18.1 Å². The standard InChI is InChI=1S/C17H18ClN3O3S/c1-10-15(16(18)20(2)19-10)17-21(14(22)8-25-17)6-5-11-3-4-12-13(7-11)24-9-23-12/h3-4,7,17H,5-6,8-9H2,1-2H3. The Morgan fingerprint density at radius 2 is 2.16 bits per heavy atom. The third-order valence-electron chi connectivity index (χ3n) is 4.49. The van der Waals surface area contributed by atoms with Crippen LogP contribution in [-0.2, 0) is 18.3 Å². The summed E-state index contributed by atoms with van der Waals surface area (Å²) in [6, 6.07) is 5.91. The minimum absolute atomic E-state index is 0.0808. The number of benzene rings is 1. The van der Waals surface area contributed by atoms with E-state index in [1.807, 2.05) is 37.1 Å². The third kappa shape index (κ3) is 2.95. The molecule has 1 fully saturated rings. The number of rotatable bonds is 4. The minimum atomic E-state index is -0.0808. The molecule has 132 valence electrons. The first-order valence-corrected chi connectivity index (χ1v) is 9.46. The van der Waals surface area contributed by atoms with Crippen molar-refractivity contribution >= 4 is 29.3 Å². The van der Waals surface area contributed by atoms with Crippen LogP contribution >= 0.6 is 23.4 Å². The van der Waals surface area contributed by atoms with Gasteiger partial charge < -0.3 is 14.4 Å². The molecule has 2 aliphatic heterocycles. The second kappa shape index (κ2) is 6.46. The lowest BCUT2D eigenvalue weighted by molar-refractivity contribution is -0.128. The Labute approximate surface area is 155 Å². The van der Waals surface area contributed by atoms with E-state index >= 15 is 0 Å². The maximum atomic E-state index is 12.4. The van der Waals surface area contributed by atoms with E-state index in [9.17, 15) is 4.79 Å². The van der Waals surface area contributed by atoms with Crippen LogP contribution in [0.3, 0.4) is 0 Å². The molecule has 0 spiro atoms. The van der Waals surface area contributed by atoms with Crippen LogP contribution < -0.4 is 9.47 Å². The van der Waals surface area contributed by atoms with Gasteiger partial charge in [-0.3, -0.25) is 9.48 Å². The summed E-state index contributed by atoms with van der Waals surface area (Å²) in [4.78, 5) is 14.3. The number of aryl methyl sites for hydroxylation is 2. The molecule has 2 aliphatic rings. The number of carbonyl (C=O) groups is 1. The molecular weight excluding hydrogens is 362 g/mol. The molecule has 4 rings (SSSR count). The Balaban J connectivity index is 1.53. The molecular formula is C17H18ClN3O3S. The van der Waals surface area contributed by atoms with Crippen molar-refractivity contribution in [2.75, 3.05) is 19.1 Å². The van der Waals surface area contributed by atoms with E-state index in [1.54, 1.807) is 16.4 Å². The zero-order valence-corrected chi connectivity index (χ0v) is 15.6. The number of amides is 1. The highest BCUT2D eigenvalue weighted by Gasteiger charge is 2.36. The monoisotopic (exact) mass is 379 g/mol.